The molecule has 22 heavy (non-hydrogen) atoms. The molecular weight excluding hydrogens is 278 g/mol. The molecule has 128 valence electrons. The lowest BCUT2D eigenvalue weighted by molar-refractivity contribution is 0.00706. The van der Waals surface area contributed by atoms with Gasteiger partial charge in [0.05, 0.1) is 5.60 Å². The average Bonchev–Trinajstić information content (AvgIpc) is 2.48. The maximum Gasteiger partial charge on any atom is 0.315 e. The molecule has 0 bridgehead atoms. The van der Waals surface area contributed by atoms with Crippen LogP contribution in [-0.2, 0) is 0 Å². The monoisotopic (exact) mass is 311 g/mol. The number of aliphatic hydroxyl groups is 1. The van der Waals surface area contributed by atoms with E-state index in [0.717, 1.165) is 58.2 Å². The molecule has 1 aliphatic heterocycles. The first-order chi connectivity index (χ1) is 10.5. The van der Waals surface area contributed by atoms with E-state index >= 15 is 0 Å². The zero-order chi connectivity index (χ0) is 16.0. The fourth-order valence-corrected chi connectivity index (χ4v) is 3.64. The lowest BCUT2D eigenvalue weighted by Gasteiger charge is -2.34. The van der Waals surface area contributed by atoms with E-state index in [2.05, 4.69) is 29.4 Å². The summed E-state index contributed by atoms with van der Waals surface area (Å²) >= 11 is 0. The molecule has 3 N–H and O–H groups in total. The quantitative estimate of drug-likeness (QED) is 0.728. The zero-order valence-corrected chi connectivity index (χ0v) is 14.2. The van der Waals surface area contributed by atoms with E-state index in [-0.39, 0.29) is 12.1 Å². The van der Waals surface area contributed by atoms with Gasteiger partial charge in [-0.1, -0.05) is 33.1 Å². The molecule has 2 rings (SSSR count). The molecular formula is C17H33N3O2. The maximum atomic E-state index is 12.0. The van der Waals surface area contributed by atoms with Crippen molar-refractivity contribution in [1.29, 1.82) is 0 Å². The van der Waals surface area contributed by atoms with Crippen LogP contribution in [0, 0.1) is 5.92 Å². The highest BCUT2D eigenvalue weighted by atomic mass is 16.3. The van der Waals surface area contributed by atoms with Gasteiger partial charge in [0.2, 0.25) is 0 Å². The van der Waals surface area contributed by atoms with Gasteiger partial charge in [-0.05, 0) is 31.6 Å². The molecule has 5 heteroatoms. The van der Waals surface area contributed by atoms with Crippen molar-refractivity contribution < 1.29 is 9.90 Å². The molecule has 0 unspecified atom stereocenters. The first-order valence-electron chi connectivity index (χ1n) is 8.96. The van der Waals surface area contributed by atoms with Crippen molar-refractivity contribution in [2.24, 2.45) is 5.92 Å². The second kappa shape index (κ2) is 8.16. The highest BCUT2D eigenvalue weighted by Crippen LogP contribution is 2.27. The SMILES string of the molecule is CC(C)CN1CCC(NC(=O)NCC2(O)CCCCC2)CC1. The van der Waals surface area contributed by atoms with Crippen LogP contribution in [0.5, 0.6) is 0 Å². The Kier molecular flexibility index (Phi) is 6.50. The zero-order valence-electron chi connectivity index (χ0n) is 14.2. The Balaban J connectivity index is 1.63. The Morgan fingerprint density at radius 1 is 1.23 bits per heavy atom. The van der Waals surface area contributed by atoms with Crippen LogP contribution in [0.15, 0.2) is 0 Å². The van der Waals surface area contributed by atoms with Crippen molar-refractivity contribution in [2.75, 3.05) is 26.2 Å². The molecule has 2 fully saturated rings. The molecule has 0 spiro atoms. The van der Waals surface area contributed by atoms with Gasteiger partial charge in [0.1, 0.15) is 0 Å². The van der Waals surface area contributed by atoms with Crippen LogP contribution in [0.25, 0.3) is 0 Å². The molecule has 0 aromatic heterocycles. The summed E-state index contributed by atoms with van der Waals surface area (Å²) in [5, 5.41) is 16.3. The van der Waals surface area contributed by atoms with E-state index in [0.29, 0.717) is 12.5 Å². The number of nitrogens with zero attached hydrogens (tertiary/aromatic N) is 1. The van der Waals surface area contributed by atoms with Crippen molar-refractivity contribution in [1.82, 2.24) is 15.5 Å². The summed E-state index contributed by atoms with van der Waals surface area (Å²) < 4.78 is 0. The standard InChI is InChI=1S/C17H33N3O2/c1-14(2)12-20-10-6-15(7-11-20)19-16(21)18-13-17(22)8-4-3-5-9-17/h14-15,22H,3-13H2,1-2H3,(H2,18,19,21). The minimum absolute atomic E-state index is 0.124. The van der Waals surface area contributed by atoms with Gasteiger partial charge in [-0.2, -0.15) is 0 Å². The summed E-state index contributed by atoms with van der Waals surface area (Å²) in [6.07, 6.45) is 6.97. The Labute approximate surface area is 134 Å². The fourth-order valence-electron chi connectivity index (χ4n) is 3.64. The summed E-state index contributed by atoms with van der Waals surface area (Å²) in [5.74, 6) is 0.698. The van der Waals surface area contributed by atoms with Gasteiger partial charge in [0.15, 0.2) is 0 Å². The highest BCUT2D eigenvalue weighted by molar-refractivity contribution is 5.74. The summed E-state index contributed by atoms with van der Waals surface area (Å²) in [4.78, 5) is 14.5. The fraction of sp³-hybridized carbons (Fsp3) is 0.941. The van der Waals surface area contributed by atoms with Gasteiger partial charge in [0, 0.05) is 32.2 Å². The average molecular weight is 311 g/mol. The third-order valence-electron chi connectivity index (χ3n) is 4.91. The second-order valence-electron chi connectivity index (χ2n) is 7.58. The van der Waals surface area contributed by atoms with Gasteiger partial charge >= 0.3 is 6.03 Å². The smallest absolute Gasteiger partial charge is 0.315 e. The van der Waals surface area contributed by atoms with Crippen LogP contribution in [0.3, 0.4) is 0 Å². The van der Waals surface area contributed by atoms with Crippen molar-refractivity contribution in [3.63, 3.8) is 0 Å². The Bertz CT molecular complexity index is 346. The lowest BCUT2D eigenvalue weighted by Crippen LogP contribution is -2.51. The maximum absolute atomic E-state index is 12.0. The predicted octanol–water partition coefficient (Wildman–Crippen LogP) is 2.10. The van der Waals surface area contributed by atoms with Crippen LogP contribution in [0.1, 0.15) is 58.8 Å². The largest absolute Gasteiger partial charge is 0.388 e. The van der Waals surface area contributed by atoms with Gasteiger partial charge < -0.3 is 20.6 Å². The van der Waals surface area contributed by atoms with E-state index in [1.165, 1.54) is 6.42 Å². The molecule has 1 saturated carbocycles. The van der Waals surface area contributed by atoms with E-state index in [1.807, 2.05) is 0 Å². The number of amides is 2. The predicted molar refractivity (Wildman–Crippen MR) is 88.9 cm³/mol. The molecule has 1 heterocycles. The van der Waals surface area contributed by atoms with E-state index in [9.17, 15) is 9.90 Å². The van der Waals surface area contributed by atoms with Crippen molar-refractivity contribution >= 4 is 6.03 Å². The minimum Gasteiger partial charge on any atom is -0.388 e. The first kappa shape index (κ1) is 17.5. The summed E-state index contributed by atoms with van der Waals surface area (Å²) in [6.45, 7) is 8.14. The summed E-state index contributed by atoms with van der Waals surface area (Å²) in [5.41, 5.74) is -0.684. The first-order valence-corrected chi connectivity index (χ1v) is 8.96. The molecule has 2 aliphatic rings. The number of hydrogen-bond donors (Lipinski definition) is 3. The molecule has 0 atom stereocenters. The number of hydrogen-bond acceptors (Lipinski definition) is 3. The summed E-state index contributed by atoms with van der Waals surface area (Å²) in [6, 6.07) is 0.144. The highest BCUT2D eigenvalue weighted by Gasteiger charge is 2.30. The number of carbonyl (C=O) groups excluding carboxylic acids is 1. The number of nitrogens with one attached hydrogen (secondary N) is 2. The van der Waals surface area contributed by atoms with Crippen LogP contribution >= 0.6 is 0 Å². The van der Waals surface area contributed by atoms with E-state index in [1.54, 1.807) is 0 Å². The van der Waals surface area contributed by atoms with Gasteiger partial charge in [-0.15, -0.1) is 0 Å². The van der Waals surface area contributed by atoms with E-state index in [4.69, 9.17) is 0 Å². The minimum atomic E-state index is -0.684. The Morgan fingerprint density at radius 3 is 2.45 bits per heavy atom. The second-order valence-corrected chi connectivity index (χ2v) is 7.58. The van der Waals surface area contributed by atoms with Gasteiger partial charge in [-0.3, -0.25) is 0 Å². The molecule has 5 nitrogen and oxygen atoms in total. The van der Waals surface area contributed by atoms with Gasteiger partial charge in [-0.25, -0.2) is 4.79 Å². The summed E-state index contributed by atoms with van der Waals surface area (Å²) in [7, 11) is 0. The third-order valence-corrected chi connectivity index (χ3v) is 4.91. The van der Waals surface area contributed by atoms with Crippen molar-refractivity contribution in [3.8, 4) is 0 Å². The van der Waals surface area contributed by atoms with Crippen LogP contribution in [0.2, 0.25) is 0 Å². The van der Waals surface area contributed by atoms with Crippen molar-refractivity contribution in [3.05, 3.63) is 0 Å². The topological polar surface area (TPSA) is 64.6 Å². The Hall–Kier alpha value is -0.810. The van der Waals surface area contributed by atoms with Crippen molar-refractivity contribution in [2.45, 2.75) is 70.4 Å². The Morgan fingerprint density at radius 2 is 1.86 bits per heavy atom. The molecule has 0 aromatic rings. The molecule has 1 aliphatic carbocycles. The van der Waals surface area contributed by atoms with Crippen LogP contribution in [0.4, 0.5) is 4.79 Å². The number of likely N-dealkylation sites (tertiary alicyclic amines) is 1. The third kappa shape index (κ3) is 5.76. The van der Waals surface area contributed by atoms with Crippen LogP contribution in [-0.4, -0.2) is 53.9 Å². The molecule has 0 radical (unpaired) electrons. The lowest BCUT2D eigenvalue weighted by atomic mass is 9.85. The molecule has 0 aromatic carbocycles. The van der Waals surface area contributed by atoms with E-state index < -0.39 is 5.60 Å². The number of urea groups is 1. The number of carbonyl (C=O) groups is 1. The van der Waals surface area contributed by atoms with Gasteiger partial charge in [0.25, 0.3) is 0 Å². The molecule has 1 saturated heterocycles. The number of rotatable bonds is 5. The normalized spacial score (nSPS) is 23.5. The van der Waals surface area contributed by atoms with Crippen LogP contribution < -0.4 is 10.6 Å². The number of piperidine rings is 1. The molecule has 2 amide bonds.